The van der Waals surface area contributed by atoms with Gasteiger partial charge in [0.05, 0.1) is 11.8 Å². The summed E-state index contributed by atoms with van der Waals surface area (Å²) < 4.78 is 40.9. The number of benzene rings is 1. The van der Waals surface area contributed by atoms with Gasteiger partial charge in [-0.1, -0.05) is 6.07 Å². The van der Waals surface area contributed by atoms with E-state index in [9.17, 15) is 23.5 Å². The van der Waals surface area contributed by atoms with Crippen molar-refractivity contribution in [2.24, 2.45) is 5.92 Å². The molecule has 4 aromatic rings. The maximum Gasteiger partial charge on any atom is 0.393 e. The van der Waals surface area contributed by atoms with Crippen LogP contribution in [0.1, 0.15) is 54.3 Å². The van der Waals surface area contributed by atoms with Crippen molar-refractivity contribution in [3.63, 3.8) is 0 Å². The Morgan fingerprint density at radius 1 is 1.14 bits per heavy atom. The Bertz CT molecular complexity index is 1640. The van der Waals surface area contributed by atoms with Crippen LogP contribution in [0.5, 0.6) is 0 Å². The first-order chi connectivity index (χ1) is 20.6. The Morgan fingerprint density at radius 3 is 2.60 bits per heavy atom. The number of anilines is 1. The van der Waals surface area contributed by atoms with Crippen molar-refractivity contribution < 1.29 is 18.3 Å². The van der Waals surface area contributed by atoms with E-state index in [4.69, 9.17) is 0 Å². The Kier molecular flexibility index (Phi) is 8.35. The quantitative estimate of drug-likeness (QED) is 0.208. The predicted molar refractivity (Wildman–Crippen MR) is 162 cm³/mol. The summed E-state index contributed by atoms with van der Waals surface area (Å²) in [7, 11) is 0. The molecule has 1 aliphatic carbocycles. The summed E-state index contributed by atoms with van der Waals surface area (Å²) in [6.45, 7) is 7.28. The number of nitrogens with one attached hydrogen (secondary N) is 2. The van der Waals surface area contributed by atoms with Gasteiger partial charge in [-0.2, -0.15) is 18.4 Å². The highest BCUT2D eigenvalue weighted by molar-refractivity contribution is 7.18. The zero-order valence-corrected chi connectivity index (χ0v) is 25.1. The first-order valence-electron chi connectivity index (χ1n) is 14.8. The number of likely N-dealkylation sites (tertiary alicyclic amines) is 1. The van der Waals surface area contributed by atoms with Crippen molar-refractivity contribution in [3.8, 4) is 6.07 Å². The number of hydrogen-bond donors (Lipinski definition) is 3. The predicted octanol–water partition coefficient (Wildman–Crippen LogP) is 5.71. The summed E-state index contributed by atoms with van der Waals surface area (Å²) in [4.78, 5) is 11.8. The van der Waals surface area contributed by atoms with Crippen molar-refractivity contribution in [2.45, 2.75) is 83.5 Å². The summed E-state index contributed by atoms with van der Waals surface area (Å²) in [6.07, 6.45) is -0.524. The Balaban J connectivity index is 1.08. The monoisotopic (exact) mass is 611 g/mol. The largest absolute Gasteiger partial charge is 0.393 e. The third kappa shape index (κ3) is 6.65. The van der Waals surface area contributed by atoms with Crippen LogP contribution in [0.15, 0.2) is 30.6 Å². The molecule has 1 atom stereocenters. The summed E-state index contributed by atoms with van der Waals surface area (Å²) in [5.74, 6) is 1.08. The van der Waals surface area contributed by atoms with Gasteiger partial charge in [0.2, 0.25) is 0 Å². The summed E-state index contributed by atoms with van der Waals surface area (Å²) >= 11 is 1.07. The zero-order valence-electron chi connectivity index (χ0n) is 24.3. The maximum atomic E-state index is 12.9. The normalized spacial score (nSPS) is 20.8. The molecular formula is C31H36F3N7OS. The van der Waals surface area contributed by atoms with Crippen molar-refractivity contribution in [1.82, 2.24) is 24.8 Å². The Labute approximate surface area is 252 Å². The van der Waals surface area contributed by atoms with Crippen LogP contribution >= 0.6 is 11.3 Å². The van der Waals surface area contributed by atoms with Crippen LogP contribution in [0, 0.1) is 24.2 Å². The minimum Gasteiger partial charge on any atom is -0.379 e. The van der Waals surface area contributed by atoms with Gasteiger partial charge in [0.15, 0.2) is 0 Å². The summed E-state index contributed by atoms with van der Waals surface area (Å²) in [5.41, 5.74) is 4.23. The van der Waals surface area contributed by atoms with Crippen LogP contribution in [0.25, 0.3) is 21.1 Å². The van der Waals surface area contributed by atoms with Gasteiger partial charge in [-0.15, -0.1) is 11.3 Å². The number of nitrogens with zero attached hydrogens (tertiary/aromatic N) is 5. The fraction of sp³-hybridized carbons (Fsp3) is 0.516. The molecule has 1 saturated heterocycles. The molecule has 3 N–H and O–H groups in total. The molecule has 1 aliphatic heterocycles. The standard InChI is InChI=1S/C31H36F3N7OS/c1-18-21(3-4-28-26(18)11-24(14-35)41(28)15-20-9-23(10-20)38-19(2)42)16-40-7-5-22(6-8-40)39-29-27-12-25(13-31(32,33)34)43-30(27)37-17-36-29/h3-4,11-12,17,19-20,22-23,38,42H,5-10,13,15-16H2,1-2H3,(H,36,37,39)/t19?,20-,23+. The number of aryl methyl sites for hydroxylation is 1. The Hall–Kier alpha value is -3.24. The number of thiophene rings is 1. The number of rotatable bonds is 9. The van der Waals surface area contributed by atoms with Crippen LogP contribution in [0.2, 0.25) is 0 Å². The SMILES string of the molecule is Cc1c(CN2CCC(Nc3ncnc4sc(CC(F)(F)F)cc34)CC2)ccc2c1cc(C#N)n2C[C@H]1C[C@@H](NC(C)O)C1. The molecule has 6 rings (SSSR count). The minimum atomic E-state index is -4.25. The van der Waals surface area contributed by atoms with Crippen LogP contribution in [-0.4, -0.2) is 62.1 Å². The highest BCUT2D eigenvalue weighted by Gasteiger charge is 2.31. The van der Waals surface area contributed by atoms with Crippen molar-refractivity contribution in [1.29, 1.82) is 5.26 Å². The molecule has 0 spiro atoms. The molecule has 8 nitrogen and oxygen atoms in total. The van der Waals surface area contributed by atoms with E-state index in [-0.39, 0.29) is 10.9 Å². The molecule has 1 saturated carbocycles. The smallest absolute Gasteiger partial charge is 0.379 e. The molecule has 4 heterocycles. The number of halogens is 3. The third-order valence-electron chi connectivity index (χ3n) is 8.81. The van der Waals surface area contributed by atoms with Crippen LogP contribution in [-0.2, 0) is 19.5 Å². The van der Waals surface area contributed by atoms with Gasteiger partial charge in [0, 0.05) is 54.0 Å². The van der Waals surface area contributed by atoms with Gasteiger partial charge < -0.3 is 15.0 Å². The van der Waals surface area contributed by atoms with Gasteiger partial charge in [-0.25, -0.2) is 9.97 Å². The maximum absolute atomic E-state index is 12.9. The lowest BCUT2D eigenvalue weighted by molar-refractivity contribution is -0.126. The molecule has 0 bridgehead atoms. The summed E-state index contributed by atoms with van der Waals surface area (Å²) in [5, 5.41) is 27.8. The van der Waals surface area contributed by atoms with Gasteiger partial charge >= 0.3 is 6.18 Å². The number of alkyl halides is 3. The average Bonchev–Trinajstić information content (AvgIpc) is 3.50. The first-order valence-corrected chi connectivity index (χ1v) is 15.6. The first kappa shape index (κ1) is 29.8. The summed E-state index contributed by atoms with van der Waals surface area (Å²) in [6, 6.07) is 10.8. The van der Waals surface area contributed by atoms with E-state index in [1.807, 2.05) is 6.07 Å². The van der Waals surface area contributed by atoms with Crippen molar-refractivity contribution in [3.05, 3.63) is 52.3 Å². The number of aliphatic hydroxyl groups is 1. The third-order valence-corrected chi connectivity index (χ3v) is 9.86. The molecule has 43 heavy (non-hydrogen) atoms. The Morgan fingerprint density at radius 2 is 1.91 bits per heavy atom. The number of piperidine rings is 1. The topological polar surface area (TPSA) is 102 Å². The molecule has 0 amide bonds. The highest BCUT2D eigenvalue weighted by atomic mass is 32.1. The number of aliphatic hydroxyl groups excluding tert-OH is 1. The average molecular weight is 612 g/mol. The van der Waals surface area contributed by atoms with Gasteiger partial charge in [0.25, 0.3) is 0 Å². The minimum absolute atomic E-state index is 0.179. The molecule has 2 fully saturated rings. The van der Waals surface area contributed by atoms with E-state index >= 15 is 0 Å². The molecule has 1 unspecified atom stereocenters. The second kappa shape index (κ2) is 12.0. The lowest BCUT2D eigenvalue weighted by atomic mass is 9.80. The molecule has 3 aromatic heterocycles. The lowest BCUT2D eigenvalue weighted by Crippen LogP contribution is -2.46. The number of fused-ring (bicyclic) bond motifs is 2. The molecule has 228 valence electrons. The van der Waals surface area contributed by atoms with Crippen molar-refractivity contribution >= 4 is 38.3 Å². The zero-order chi connectivity index (χ0) is 30.3. The van der Waals surface area contributed by atoms with E-state index in [1.165, 1.54) is 17.5 Å². The number of aromatic nitrogens is 3. The van der Waals surface area contributed by atoms with E-state index in [0.29, 0.717) is 33.7 Å². The second-order valence-electron chi connectivity index (χ2n) is 12.1. The van der Waals surface area contributed by atoms with E-state index in [0.717, 1.165) is 74.1 Å². The van der Waals surface area contributed by atoms with E-state index < -0.39 is 18.8 Å². The lowest BCUT2D eigenvalue weighted by Gasteiger charge is -2.37. The molecule has 1 aromatic carbocycles. The fourth-order valence-electron chi connectivity index (χ4n) is 6.58. The molecule has 12 heteroatoms. The van der Waals surface area contributed by atoms with Crippen LogP contribution in [0.3, 0.4) is 0 Å². The van der Waals surface area contributed by atoms with E-state index in [2.05, 4.69) is 55.2 Å². The second-order valence-corrected chi connectivity index (χ2v) is 13.2. The molecule has 2 aliphatic rings. The number of nitriles is 1. The van der Waals surface area contributed by atoms with E-state index in [1.54, 1.807) is 13.0 Å². The number of hydrogen-bond acceptors (Lipinski definition) is 8. The molecular weight excluding hydrogens is 575 g/mol. The van der Waals surface area contributed by atoms with Gasteiger partial charge in [-0.3, -0.25) is 10.2 Å². The van der Waals surface area contributed by atoms with Gasteiger partial charge in [0.1, 0.15) is 35.0 Å². The van der Waals surface area contributed by atoms with Crippen LogP contribution < -0.4 is 10.6 Å². The fourth-order valence-corrected chi connectivity index (χ4v) is 7.60. The van der Waals surface area contributed by atoms with Gasteiger partial charge in [-0.05, 0) is 74.8 Å². The molecule has 0 radical (unpaired) electrons. The highest BCUT2D eigenvalue weighted by Crippen LogP contribution is 2.35. The van der Waals surface area contributed by atoms with Crippen LogP contribution in [0.4, 0.5) is 19.0 Å². The van der Waals surface area contributed by atoms with Crippen molar-refractivity contribution in [2.75, 3.05) is 18.4 Å².